The Morgan fingerprint density at radius 3 is 3.36 bits per heavy atom. The molecule has 0 radical (unpaired) electrons. The second-order valence-electron chi connectivity index (χ2n) is 2.73. The van der Waals surface area contributed by atoms with Crippen molar-refractivity contribution >= 4 is 16.9 Å². The molecular weight excluding hydrogens is 164 g/mol. The zero-order valence-electron chi connectivity index (χ0n) is 6.22. The quantitative estimate of drug-likeness (QED) is 0.550. The van der Waals surface area contributed by atoms with Crippen LogP contribution in [0.25, 0.3) is 0 Å². The van der Waals surface area contributed by atoms with Gasteiger partial charge in [0, 0.05) is 11.3 Å². The molecule has 1 fully saturated rings. The number of rotatable bonds is 0. The Hall–Kier alpha value is -0.540. The van der Waals surface area contributed by atoms with Gasteiger partial charge in [0.25, 0.3) is 0 Å². The number of fused-ring (bicyclic) bond motifs is 1. The minimum atomic E-state index is 0.170. The number of hydrogen-bond acceptors (Lipinski definition) is 3. The van der Waals surface area contributed by atoms with Gasteiger partial charge in [-0.15, -0.1) is 0 Å². The monoisotopic (exact) mass is 172 g/mol. The molecule has 0 aliphatic carbocycles. The van der Waals surface area contributed by atoms with Gasteiger partial charge in [0.1, 0.15) is 6.04 Å². The van der Waals surface area contributed by atoms with E-state index in [1.807, 2.05) is 6.92 Å². The van der Waals surface area contributed by atoms with E-state index in [0.717, 1.165) is 5.70 Å². The van der Waals surface area contributed by atoms with Crippen molar-refractivity contribution in [3.05, 3.63) is 11.3 Å². The van der Waals surface area contributed by atoms with Gasteiger partial charge in [-0.3, -0.25) is 0 Å². The first-order valence-corrected chi connectivity index (χ1v) is 3.93. The standard InChI is InChI=1S/C7H9ClN2O/c1-4-5-2-11-3-6(5)10-7(8)9-4/h6H,2-3H2,1H3,(H,9,10). The Morgan fingerprint density at radius 2 is 2.55 bits per heavy atom. The predicted octanol–water partition coefficient (Wildman–Crippen LogP) is 0.857. The third kappa shape index (κ3) is 1.14. The van der Waals surface area contributed by atoms with Gasteiger partial charge in [0.2, 0.25) is 0 Å². The van der Waals surface area contributed by atoms with E-state index >= 15 is 0 Å². The van der Waals surface area contributed by atoms with Crippen molar-refractivity contribution in [3.8, 4) is 0 Å². The van der Waals surface area contributed by atoms with Crippen LogP contribution >= 0.6 is 11.6 Å². The highest BCUT2D eigenvalue weighted by Gasteiger charge is 2.26. The Kier molecular flexibility index (Phi) is 1.62. The Morgan fingerprint density at radius 1 is 1.73 bits per heavy atom. The number of halogens is 1. The van der Waals surface area contributed by atoms with Crippen LogP contribution in [-0.2, 0) is 4.74 Å². The molecule has 11 heavy (non-hydrogen) atoms. The molecular formula is C7H9ClN2O. The molecule has 1 saturated heterocycles. The van der Waals surface area contributed by atoms with Crippen molar-refractivity contribution in [1.82, 2.24) is 5.32 Å². The maximum atomic E-state index is 5.73. The fourth-order valence-electron chi connectivity index (χ4n) is 1.35. The van der Waals surface area contributed by atoms with Crippen LogP contribution < -0.4 is 5.32 Å². The van der Waals surface area contributed by atoms with E-state index in [-0.39, 0.29) is 6.04 Å². The van der Waals surface area contributed by atoms with E-state index in [0.29, 0.717) is 18.5 Å². The van der Waals surface area contributed by atoms with Gasteiger partial charge in [0.15, 0.2) is 5.29 Å². The second-order valence-corrected chi connectivity index (χ2v) is 3.08. The van der Waals surface area contributed by atoms with Crippen molar-refractivity contribution in [2.75, 3.05) is 13.2 Å². The molecule has 4 heteroatoms. The minimum Gasteiger partial charge on any atom is -0.374 e. The maximum absolute atomic E-state index is 5.73. The second kappa shape index (κ2) is 2.50. The molecule has 2 heterocycles. The summed E-state index contributed by atoms with van der Waals surface area (Å²) in [6.45, 7) is 3.36. The highest BCUT2D eigenvalue weighted by molar-refractivity contribution is 6.65. The number of nitrogens with zero attached hydrogens (tertiary/aromatic N) is 1. The van der Waals surface area contributed by atoms with Gasteiger partial charge in [-0.1, -0.05) is 0 Å². The van der Waals surface area contributed by atoms with E-state index in [2.05, 4.69) is 10.3 Å². The number of hydrogen-bond donors (Lipinski definition) is 1. The molecule has 60 valence electrons. The lowest BCUT2D eigenvalue weighted by atomic mass is 10.1. The molecule has 0 aromatic carbocycles. The molecule has 0 aromatic heterocycles. The summed E-state index contributed by atoms with van der Waals surface area (Å²) in [5.74, 6) is 0. The number of nitrogens with one attached hydrogen (secondary N) is 1. The molecule has 1 unspecified atom stereocenters. The third-order valence-corrected chi connectivity index (χ3v) is 2.17. The third-order valence-electron chi connectivity index (χ3n) is 1.98. The van der Waals surface area contributed by atoms with Crippen LogP contribution in [0.3, 0.4) is 0 Å². The fraction of sp³-hybridized carbons (Fsp3) is 0.571. The van der Waals surface area contributed by atoms with Gasteiger partial charge in [-0.05, 0) is 18.5 Å². The highest BCUT2D eigenvalue weighted by Crippen LogP contribution is 2.22. The smallest absolute Gasteiger partial charge is 0.196 e. The number of amidine groups is 1. The van der Waals surface area contributed by atoms with Crippen molar-refractivity contribution in [2.45, 2.75) is 13.0 Å². The molecule has 0 amide bonds. The van der Waals surface area contributed by atoms with Gasteiger partial charge in [-0.2, -0.15) is 0 Å². The Balaban J connectivity index is 2.31. The van der Waals surface area contributed by atoms with Gasteiger partial charge in [-0.25, -0.2) is 4.99 Å². The zero-order valence-corrected chi connectivity index (χ0v) is 6.98. The van der Waals surface area contributed by atoms with Crippen LogP contribution in [0.2, 0.25) is 0 Å². The molecule has 2 aliphatic heterocycles. The van der Waals surface area contributed by atoms with Crippen LogP contribution in [0.15, 0.2) is 16.3 Å². The summed E-state index contributed by atoms with van der Waals surface area (Å²) in [5, 5.41) is 3.44. The fourth-order valence-corrected chi connectivity index (χ4v) is 1.61. The number of ether oxygens (including phenoxy) is 1. The SMILES string of the molecule is CC1=C2COCC2N=C(Cl)N1. The number of allylic oxidation sites excluding steroid dienone is 1. The van der Waals surface area contributed by atoms with Gasteiger partial charge < -0.3 is 10.1 Å². The molecule has 0 spiro atoms. The van der Waals surface area contributed by atoms with Crippen LogP contribution in [0.1, 0.15) is 6.92 Å². The summed E-state index contributed by atoms with van der Waals surface area (Å²) < 4.78 is 5.25. The summed E-state index contributed by atoms with van der Waals surface area (Å²) in [6, 6.07) is 0.170. The van der Waals surface area contributed by atoms with E-state index in [4.69, 9.17) is 16.3 Å². The van der Waals surface area contributed by atoms with E-state index in [1.54, 1.807) is 0 Å². The van der Waals surface area contributed by atoms with Crippen LogP contribution in [-0.4, -0.2) is 24.6 Å². The predicted molar refractivity (Wildman–Crippen MR) is 43.7 cm³/mol. The number of aliphatic imine (C=N–C) groups is 1. The first kappa shape index (κ1) is 7.13. The Bertz CT molecular complexity index is 247. The average Bonchev–Trinajstić information content (AvgIpc) is 2.34. The Labute approximate surface area is 70.1 Å². The zero-order chi connectivity index (χ0) is 7.84. The largest absolute Gasteiger partial charge is 0.374 e. The summed E-state index contributed by atoms with van der Waals surface area (Å²) in [6.07, 6.45) is 0. The van der Waals surface area contributed by atoms with Crippen molar-refractivity contribution < 1.29 is 4.74 Å². The van der Waals surface area contributed by atoms with Crippen molar-refractivity contribution in [2.24, 2.45) is 4.99 Å². The lowest BCUT2D eigenvalue weighted by Gasteiger charge is -2.16. The lowest BCUT2D eigenvalue weighted by molar-refractivity contribution is 0.199. The highest BCUT2D eigenvalue weighted by atomic mass is 35.5. The average molecular weight is 173 g/mol. The molecule has 3 nitrogen and oxygen atoms in total. The molecule has 0 aromatic rings. The van der Waals surface area contributed by atoms with Crippen molar-refractivity contribution in [1.29, 1.82) is 0 Å². The van der Waals surface area contributed by atoms with E-state index in [9.17, 15) is 0 Å². The van der Waals surface area contributed by atoms with Gasteiger partial charge >= 0.3 is 0 Å². The van der Waals surface area contributed by atoms with Crippen LogP contribution in [0, 0.1) is 0 Å². The molecule has 0 saturated carbocycles. The van der Waals surface area contributed by atoms with Crippen LogP contribution in [0.5, 0.6) is 0 Å². The van der Waals surface area contributed by atoms with Crippen molar-refractivity contribution in [3.63, 3.8) is 0 Å². The molecule has 1 atom stereocenters. The summed E-state index contributed by atoms with van der Waals surface area (Å²) in [5.41, 5.74) is 2.32. The van der Waals surface area contributed by atoms with Crippen LogP contribution in [0.4, 0.5) is 0 Å². The summed E-state index contributed by atoms with van der Waals surface area (Å²) in [7, 11) is 0. The molecule has 2 aliphatic rings. The lowest BCUT2D eigenvalue weighted by Crippen LogP contribution is -2.27. The minimum absolute atomic E-state index is 0.170. The first-order chi connectivity index (χ1) is 5.27. The molecule has 2 rings (SSSR count). The molecule has 0 bridgehead atoms. The van der Waals surface area contributed by atoms with E-state index < -0.39 is 0 Å². The first-order valence-electron chi connectivity index (χ1n) is 3.55. The maximum Gasteiger partial charge on any atom is 0.196 e. The normalized spacial score (nSPS) is 29.6. The topological polar surface area (TPSA) is 33.6 Å². The van der Waals surface area contributed by atoms with Gasteiger partial charge in [0.05, 0.1) is 13.2 Å². The summed E-state index contributed by atoms with van der Waals surface area (Å²) >= 11 is 5.73. The summed E-state index contributed by atoms with van der Waals surface area (Å²) in [4.78, 5) is 4.18. The van der Waals surface area contributed by atoms with E-state index in [1.165, 1.54) is 5.57 Å². The molecule has 1 N–H and O–H groups in total.